The molecule has 1 heterocycles. The van der Waals surface area contributed by atoms with Crippen molar-refractivity contribution in [3.05, 3.63) is 24.1 Å². The first-order valence-corrected chi connectivity index (χ1v) is 6.96. The Balaban J connectivity index is 2.49. The zero-order valence-electron chi connectivity index (χ0n) is 12.2. The highest BCUT2D eigenvalue weighted by Crippen LogP contribution is 2.04. The van der Waals surface area contributed by atoms with E-state index in [2.05, 4.69) is 28.1 Å². The highest BCUT2D eigenvalue weighted by Gasteiger charge is 2.18. The summed E-state index contributed by atoms with van der Waals surface area (Å²) in [6.07, 6.45) is 3.89. The summed E-state index contributed by atoms with van der Waals surface area (Å²) in [4.78, 5) is 15.9. The fourth-order valence-electron chi connectivity index (χ4n) is 1.76. The van der Waals surface area contributed by atoms with Crippen LogP contribution in [0.5, 0.6) is 0 Å². The molecule has 0 aliphatic rings. The maximum absolute atomic E-state index is 12.7. The van der Waals surface area contributed by atoms with Gasteiger partial charge in [0.25, 0.3) is 5.91 Å². The van der Waals surface area contributed by atoms with Crippen LogP contribution in [0.2, 0.25) is 0 Å². The molecule has 3 N–H and O–H groups in total. The predicted octanol–water partition coefficient (Wildman–Crippen LogP) is 2.22. The number of anilines is 1. The van der Waals surface area contributed by atoms with Crippen molar-refractivity contribution in [1.29, 1.82) is 0 Å². The summed E-state index contributed by atoms with van der Waals surface area (Å²) < 4.78 is 12.7. The van der Waals surface area contributed by atoms with Gasteiger partial charge in [-0.25, -0.2) is 9.37 Å². The van der Waals surface area contributed by atoms with Gasteiger partial charge in [0.05, 0.1) is 12.2 Å². The van der Waals surface area contributed by atoms with Crippen molar-refractivity contribution in [2.75, 3.05) is 5.43 Å². The number of carbonyl (C=O) groups is 1. The van der Waals surface area contributed by atoms with E-state index in [9.17, 15) is 9.18 Å². The van der Waals surface area contributed by atoms with Crippen LogP contribution in [-0.2, 0) is 4.79 Å². The lowest BCUT2D eigenvalue weighted by molar-refractivity contribution is -0.123. The number of nitrogens with zero attached hydrogens (tertiary/aromatic N) is 1. The number of unbranched alkanes of at least 4 members (excludes halogenated alkanes) is 1. The molecular formula is C14H23FN4O. The highest BCUT2D eigenvalue weighted by atomic mass is 19.1. The van der Waals surface area contributed by atoms with E-state index in [1.54, 1.807) is 0 Å². The van der Waals surface area contributed by atoms with Crippen LogP contribution < -0.4 is 16.2 Å². The van der Waals surface area contributed by atoms with Gasteiger partial charge in [-0.1, -0.05) is 33.6 Å². The number of hydrazine groups is 1. The normalized spacial score (nSPS) is 12.2. The predicted molar refractivity (Wildman–Crippen MR) is 77.5 cm³/mol. The van der Waals surface area contributed by atoms with Gasteiger partial charge >= 0.3 is 0 Å². The van der Waals surface area contributed by atoms with Gasteiger partial charge in [0, 0.05) is 6.04 Å². The maximum atomic E-state index is 12.7. The Morgan fingerprint density at radius 3 is 2.70 bits per heavy atom. The molecule has 1 aromatic rings. The number of amides is 1. The minimum absolute atomic E-state index is 0.140. The van der Waals surface area contributed by atoms with E-state index in [0.29, 0.717) is 5.82 Å². The molecule has 6 heteroatoms. The summed E-state index contributed by atoms with van der Waals surface area (Å²) in [6, 6.07) is 2.73. The van der Waals surface area contributed by atoms with Crippen LogP contribution >= 0.6 is 0 Å². The summed E-state index contributed by atoms with van der Waals surface area (Å²) in [6.45, 7) is 6.09. The lowest BCUT2D eigenvalue weighted by Gasteiger charge is -2.20. The van der Waals surface area contributed by atoms with E-state index in [1.165, 1.54) is 12.1 Å². The number of hydrogen-bond donors (Lipinski definition) is 3. The Bertz CT molecular complexity index is 408. The second kappa shape index (κ2) is 8.47. The first-order valence-electron chi connectivity index (χ1n) is 6.96. The van der Waals surface area contributed by atoms with Gasteiger partial charge in [-0.05, 0) is 18.6 Å². The monoisotopic (exact) mass is 282 g/mol. The van der Waals surface area contributed by atoms with Crippen molar-refractivity contribution in [2.24, 2.45) is 0 Å². The Kier molecular flexibility index (Phi) is 6.93. The number of hydrogen-bond acceptors (Lipinski definition) is 4. The minimum Gasteiger partial charge on any atom is -0.304 e. The molecule has 0 aromatic carbocycles. The molecule has 1 amide bonds. The molecule has 5 nitrogen and oxygen atoms in total. The third kappa shape index (κ3) is 5.97. The maximum Gasteiger partial charge on any atom is 0.255 e. The van der Waals surface area contributed by atoms with Gasteiger partial charge < -0.3 is 5.32 Å². The Hall–Kier alpha value is -1.69. The van der Waals surface area contributed by atoms with E-state index in [4.69, 9.17) is 0 Å². The highest BCUT2D eigenvalue weighted by molar-refractivity contribution is 5.82. The van der Waals surface area contributed by atoms with Crippen LogP contribution in [0.15, 0.2) is 18.3 Å². The first-order chi connectivity index (χ1) is 9.52. The molecule has 1 atom stereocenters. The van der Waals surface area contributed by atoms with Gasteiger partial charge in [-0.15, -0.1) is 0 Å². The van der Waals surface area contributed by atoms with E-state index in [1.807, 2.05) is 13.8 Å². The molecule has 0 saturated heterocycles. The van der Waals surface area contributed by atoms with Crippen LogP contribution in [-0.4, -0.2) is 23.0 Å². The number of pyridine rings is 1. The van der Waals surface area contributed by atoms with Gasteiger partial charge in [-0.3, -0.25) is 15.6 Å². The summed E-state index contributed by atoms with van der Waals surface area (Å²) in [5.41, 5.74) is 5.28. The van der Waals surface area contributed by atoms with E-state index in [0.717, 1.165) is 25.5 Å². The summed E-state index contributed by atoms with van der Waals surface area (Å²) in [5, 5.41) is 3.23. The van der Waals surface area contributed by atoms with Crippen LogP contribution in [0.1, 0.15) is 40.0 Å². The number of nitrogens with one attached hydrogen (secondary N) is 3. The number of halogens is 1. The quantitative estimate of drug-likeness (QED) is 0.640. The molecule has 0 aliphatic heterocycles. The summed E-state index contributed by atoms with van der Waals surface area (Å²) in [5.74, 6) is -0.152. The lowest BCUT2D eigenvalue weighted by Crippen LogP contribution is -2.48. The first kappa shape index (κ1) is 16.4. The van der Waals surface area contributed by atoms with Crippen molar-refractivity contribution in [1.82, 2.24) is 15.7 Å². The number of aromatic nitrogens is 1. The molecule has 1 rings (SSSR count). The third-order valence-electron chi connectivity index (χ3n) is 2.74. The largest absolute Gasteiger partial charge is 0.304 e. The van der Waals surface area contributed by atoms with Crippen LogP contribution in [0, 0.1) is 5.82 Å². The lowest BCUT2D eigenvalue weighted by atomic mass is 10.1. The fraction of sp³-hybridized carbons (Fsp3) is 0.571. The zero-order valence-corrected chi connectivity index (χ0v) is 12.2. The molecule has 0 saturated carbocycles. The third-order valence-corrected chi connectivity index (χ3v) is 2.74. The summed E-state index contributed by atoms with van der Waals surface area (Å²) in [7, 11) is 0. The molecule has 0 radical (unpaired) electrons. The van der Waals surface area contributed by atoms with Crippen LogP contribution in [0.4, 0.5) is 10.2 Å². The fourth-order valence-corrected chi connectivity index (χ4v) is 1.76. The van der Waals surface area contributed by atoms with Gasteiger partial charge in [0.2, 0.25) is 0 Å². The zero-order chi connectivity index (χ0) is 15.0. The average molecular weight is 282 g/mol. The molecule has 0 spiro atoms. The molecule has 20 heavy (non-hydrogen) atoms. The Morgan fingerprint density at radius 2 is 2.15 bits per heavy atom. The minimum atomic E-state index is -0.413. The van der Waals surface area contributed by atoms with Crippen molar-refractivity contribution in [2.45, 2.75) is 52.1 Å². The SMILES string of the molecule is CCCCC(NC(C)C)C(=O)NNc1ccc(F)cn1. The second-order valence-electron chi connectivity index (χ2n) is 4.99. The molecule has 0 bridgehead atoms. The van der Waals surface area contributed by atoms with Crippen molar-refractivity contribution < 1.29 is 9.18 Å². The van der Waals surface area contributed by atoms with Crippen molar-refractivity contribution in [3.8, 4) is 0 Å². The van der Waals surface area contributed by atoms with Crippen LogP contribution in [0.3, 0.4) is 0 Å². The molecule has 0 fully saturated rings. The molecule has 1 unspecified atom stereocenters. The second-order valence-corrected chi connectivity index (χ2v) is 4.99. The molecule has 0 aliphatic carbocycles. The van der Waals surface area contributed by atoms with Gasteiger partial charge in [0.15, 0.2) is 0 Å². The van der Waals surface area contributed by atoms with Crippen LogP contribution in [0.25, 0.3) is 0 Å². The van der Waals surface area contributed by atoms with Gasteiger partial charge in [-0.2, -0.15) is 0 Å². The van der Waals surface area contributed by atoms with Gasteiger partial charge in [0.1, 0.15) is 11.6 Å². The van der Waals surface area contributed by atoms with E-state index in [-0.39, 0.29) is 18.0 Å². The van der Waals surface area contributed by atoms with E-state index < -0.39 is 5.82 Å². The topological polar surface area (TPSA) is 66.1 Å². The Labute approximate surface area is 119 Å². The smallest absolute Gasteiger partial charge is 0.255 e. The van der Waals surface area contributed by atoms with E-state index >= 15 is 0 Å². The molecular weight excluding hydrogens is 259 g/mol. The standard InChI is InChI=1S/C14H23FN4O/c1-4-5-6-12(17-10(2)3)14(20)19-18-13-8-7-11(15)9-16-13/h7-10,12,17H,4-6H2,1-3H3,(H,16,18)(H,19,20). The summed E-state index contributed by atoms with van der Waals surface area (Å²) >= 11 is 0. The molecule has 112 valence electrons. The number of carbonyl (C=O) groups excluding carboxylic acids is 1. The Morgan fingerprint density at radius 1 is 1.40 bits per heavy atom. The average Bonchev–Trinajstić information content (AvgIpc) is 2.42. The number of rotatable bonds is 8. The van der Waals surface area contributed by atoms with Crippen molar-refractivity contribution in [3.63, 3.8) is 0 Å². The van der Waals surface area contributed by atoms with Crippen molar-refractivity contribution >= 4 is 11.7 Å². The molecule has 1 aromatic heterocycles.